The van der Waals surface area contributed by atoms with Gasteiger partial charge in [-0.1, -0.05) is 18.2 Å². The summed E-state index contributed by atoms with van der Waals surface area (Å²) in [5, 5.41) is -0.536. The van der Waals surface area contributed by atoms with E-state index in [-0.39, 0.29) is 23.9 Å². The average molecular weight is 445 g/mol. The molecule has 0 unspecified atom stereocenters. The molecule has 0 N–H and O–H groups in total. The van der Waals surface area contributed by atoms with Crippen LogP contribution in [0.5, 0.6) is 11.5 Å². The van der Waals surface area contributed by atoms with Gasteiger partial charge in [0.05, 0.1) is 18.6 Å². The lowest BCUT2D eigenvalue weighted by atomic mass is 10.1. The Morgan fingerprint density at radius 2 is 1.97 bits per heavy atom. The van der Waals surface area contributed by atoms with Gasteiger partial charge in [-0.05, 0) is 60.2 Å². The lowest BCUT2D eigenvalue weighted by Crippen LogP contribution is -2.34. The molecule has 162 valence electrons. The summed E-state index contributed by atoms with van der Waals surface area (Å²) in [5.41, 5.74) is 1.28. The molecule has 0 saturated carbocycles. The van der Waals surface area contributed by atoms with Crippen molar-refractivity contribution in [3.63, 3.8) is 0 Å². The number of amides is 2. The maximum absolute atomic E-state index is 13.3. The van der Waals surface area contributed by atoms with Crippen molar-refractivity contribution in [2.24, 2.45) is 0 Å². The van der Waals surface area contributed by atoms with Crippen LogP contribution in [0.25, 0.3) is 6.08 Å². The highest BCUT2D eigenvalue weighted by Gasteiger charge is 2.36. The SMILES string of the molecule is CCOC(=O)CN1C(=O)S/C(=C/c2ccc(OCc3cccc(F)c3)c(OC)c2)C1=O. The normalized spacial score (nSPS) is 14.8. The number of carbonyl (C=O) groups is 3. The van der Waals surface area contributed by atoms with Gasteiger partial charge >= 0.3 is 5.97 Å². The number of hydrogen-bond acceptors (Lipinski definition) is 7. The van der Waals surface area contributed by atoms with Crippen molar-refractivity contribution < 1.29 is 33.0 Å². The van der Waals surface area contributed by atoms with Crippen molar-refractivity contribution in [1.82, 2.24) is 4.90 Å². The van der Waals surface area contributed by atoms with Crippen LogP contribution in [0.15, 0.2) is 47.4 Å². The number of carbonyl (C=O) groups excluding carboxylic acids is 3. The van der Waals surface area contributed by atoms with Crippen LogP contribution in [0.1, 0.15) is 18.1 Å². The summed E-state index contributed by atoms with van der Waals surface area (Å²) in [6, 6.07) is 11.1. The van der Waals surface area contributed by atoms with Crippen LogP contribution in [0, 0.1) is 5.82 Å². The number of hydrogen-bond donors (Lipinski definition) is 0. The molecule has 1 heterocycles. The molecule has 2 aromatic rings. The van der Waals surface area contributed by atoms with Gasteiger partial charge in [-0.15, -0.1) is 0 Å². The zero-order valence-electron chi connectivity index (χ0n) is 16.9. The monoisotopic (exact) mass is 445 g/mol. The number of ether oxygens (including phenoxy) is 3. The van der Waals surface area contributed by atoms with E-state index in [1.807, 2.05) is 0 Å². The third kappa shape index (κ3) is 5.64. The zero-order chi connectivity index (χ0) is 22.4. The molecule has 0 aromatic heterocycles. The minimum Gasteiger partial charge on any atom is -0.493 e. The molecule has 0 aliphatic carbocycles. The fourth-order valence-electron chi connectivity index (χ4n) is 2.80. The molecule has 1 aliphatic heterocycles. The van der Waals surface area contributed by atoms with E-state index in [4.69, 9.17) is 14.2 Å². The van der Waals surface area contributed by atoms with Gasteiger partial charge in [0.15, 0.2) is 11.5 Å². The van der Waals surface area contributed by atoms with Gasteiger partial charge in [-0.3, -0.25) is 19.3 Å². The Hall–Kier alpha value is -3.33. The summed E-state index contributed by atoms with van der Waals surface area (Å²) in [4.78, 5) is 37.2. The van der Waals surface area contributed by atoms with Crippen LogP contribution >= 0.6 is 11.8 Å². The molecule has 7 nitrogen and oxygen atoms in total. The Kier molecular flexibility index (Phi) is 7.30. The first-order valence-electron chi connectivity index (χ1n) is 9.37. The van der Waals surface area contributed by atoms with Gasteiger partial charge in [-0.2, -0.15) is 0 Å². The molecule has 0 atom stereocenters. The lowest BCUT2D eigenvalue weighted by molar-refractivity contribution is -0.145. The number of halogens is 1. The summed E-state index contributed by atoms with van der Waals surface area (Å²) in [7, 11) is 1.47. The maximum Gasteiger partial charge on any atom is 0.326 e. The number of esters is 1. The highest BCUT2D eigenvalue weighted by atomic mass is 32.2. The first-order valence-corrected chi connectivity index (χ1v) is 10.2. The van der Waals surface area contributed by atoms with E-state index in [0.29, 0.717) is 22.6 Å². The van der Waals surface area contributed by atoms with Gasteiger partial charge in [-0.25, -0.2) is 4.39 Å². The van der Waals surface area contributed by atoms with Gasteiger partial charge < -0.3 is 14.2 Å². The minimum atomic E-state index is -0.646. The Morgan fingerprint density at radius 1 is 1.16 bits per heavy atom. The second-order valence-electron chi connectivity index (χ2n) is 6.40. The quantitative estimate of drug-likeness (QED) is 0.448. The van der Waals surface area contributed by atoms with Gasteiger partial charge in [0.25, 0.3) is 11.1 Å². The van der Waals surface area contributed by atoms with E-state index in [1.165, 1.54) is 25.3 Å². The maximum atomic E-state index is 13.3. The van der Waals surface area contributed by atoms with Gasteiger partial charge in [0.2, 0.25) is 0 Å². The molecule has 0 bridgehead atoms. The van der Waals surface area contributed by atoms with Crippen molar-refractivity contribution >= 4 is 35.0 Å². The van der Waals surface area contributed by atoms with E-state index in [9.17, 15) is 18.8 Å². The Bertz CT molecular complexity index is 1040. The van der Waals surface area contributed by atoms with Crippen molar-refractivity contribution in [3.05, 3.63) is 64.3 Å². The second-order valence-corrected chi connectivity index (χ2v) is 7.39. The van der Waals surface area contributed by atoms with Crippen LogP contribution in [-0.4, -0.2) is 42.3 Å². The summed E-state index contributed by atoms with van der Waals surface area (Å²) in [5.74, 6) is -0.698. The number of imide groups is 1. The number of benzene rings is 2. The molecule has 9 heteroatoms. The Balaban J connectivity index is 1.73. The Labute approximate surface area is 182 Å². The Morgan fingerprint density at radius 3 is 2.68 bits per heavy atom. The van der Waals surface area contributed by atoms with Crippen molar-refractivity contribution in [2.75, 3.05) is 20.3 Å². The van der Waals surface area contributed by atoms with E-state index in [2.05, 4.69) is 0 Å². The highest BCUT2D eigenvalue weighted by molar-refractivity contribution is 8.18. The second kappa shape index (κ2) is 10.1. The third-order valence-electron chi connectivity index (χ3n) is 4.23. The largest absolute Gasteiger partial charge is 0.493 e. The van der Waals surface area contributed by atoms with E-state index in [1.54, 1.807) is 37.3 Å². The van der Waals surface area contributed by atoms with Crippen molar-refractivity contribution in [3.8, 4) is 11.5 Å². The van der Waals surface area contributed by atoms with Crippen LogP contribution in [0.3, 0.4) is 0 Å². The predicted octanol–water partition coefficient (Wildman–Crippen LogP) is 4.01. The molecule has 31 heavy (non-hydrogen) atoms. The number of rotatable bonds is 8. The van der Waals surface area contributed by atoms with Crippen LogP contribution in [0.2, 0.25) is 0 Å². The smallest absolute Gasteiger partial charge is 0.326 e. The summed E-state index contributed by atoms with van der Waals surface area (Å²) < 4.78 is 29.2. The van der Waals surface area contributed by atoms with E-state index < -0.39 is 23.7 Å². The van der Waals surface area contributed by atoms with E-state index >= 15 is 0 Å². The first-order chi connectivity index (χ1) is 14.9. The first kappa shape index (κ1) is 22.4. The van der Waals surface area contributed by atoms with Crippen molar-refractivity contribution in [1.29, 1.82) is 0 Å². The fraction of sp³-hybridized carbons (Fsp3) is 0.227. The summed E-state index contributed by atoms with van der Waals surface area (Å²) >= 11 is 0.746. The van der Waals surface area contributed by atoms with Gasteiger partial charge in [0, 0.05) is 0 Å². The molecular weight excluding hydrogens is 425 g/mol. The van der Waals surface area contributed by atoms with Crippen molar-refractivity contribution in [2.45, 2.75) is 13.5 Å². The van der Waals surface area contributed by atoms with Crippen LogP contribution in [-0.2, 0) is 20.9 Å². The standard InChI is InChI=1S/C22H20FNO6S/c1-3-29-20(25)12-24-21(26)19(31-22(24)27)11-14-7-8-17(18(10-14)28-2)30-13-15-5-4-6-16(23)9-15/h4-11H,3,12-13H2,1-2H3/b19-11+. The average Bonchev–Trinajstić information content (AvgIpc) is 3.00. The predicted molar refractivity (Wildman–Crippen MR) is 113 cm³/mol. The summed E-state index contributed by atoms with van der Waals surface area (Å²) in [6.45, 7) is 1.54. The van der Waals surface area contributed by atoms with Crippen LogP contribution in [0.4, 0.5) is 9.18 Å². The molecular formula is C22H20FNO6S. The molecule has 1 fully saturated rings. The molecule has 1 aliphatic rings. The molecule has 0 radical (unpaired) electrons. The molecule has 0 spiro atoms. The molecule has 3 rings (SSSR count). The third-order valence-corrected chi connectivity index (χ3v) is 5.14. The lowest BCUT2D eigenvalue weighted by Gasteiger charge is -2.12. The topological polar surface area (TPSA) is 82.1 Å². The zero-order valence-corrected chi connectivity index (χ0v) is 17.7. The summed E-state index contributed by atoms with van der Waals surface area (Å²) in [6.07, 6.45) is 1.54. The molecule has 2 aromatic carbocycles. The highest BCUT2D eigenvalue weighted by Crippen LogP contribution is 2.34. The number of thioether (sulfide) groups is 1. The van der Waals surface area contributed by atoms with E-state index in [0.717, 1.165) is 16.7 Å². The molecule has 2 amide bonds. The fourth-order valence-corrected chi connectivity index (χ4v) is 3.64. The number of methoxy groups -OCH3 is 1. The minimum absolute atomic E-state index is 0.153. The van der Waals surface area contributed by atoms with Crippen LogP contribution < -0.4 is 9.47 Å². The number of nitrogens with zero attached hydrogens (tertiary/aromatic N) is 1. The van der Waals surface area contributed by atoms with Gasteiger partial charge in [0.1, 0.15) is 19.0 Å². The molecule has 1 saturated heterocycles.